The lowest BCUT2D eigenvalue weighted by atomic mass is 9.71. The highest BCUT2D eigenvalue weighted by Gasteiger charge is 2.41. The number of carboxylic acids is 1. The molecule has 1 saturated carbocycles. The van der Waals surface area contributed by atoms with Gasteiger partial charge in [0.1, 0.15) is 0 Å². The molecule has 0 bridgehead atoms. The van der Waals surface area contributed by atoms with Crippen LogP contribution in [0.1, 0.15) is 43.0 Å². The Kier molecular flexibility index (Phi) is 4.55. The van der Waals surface area contributed by atoms with Crippen molar-refractivity contribution in [2.24, 2.45) is 11.3 Å². The largest absolute Gasteiger partial charge is 0.481 e. The van der Waals surface area contributed by atoms with Crippen molar-refractivity contribution < 1.29 is 19.1 Å². The molecule has 1 aromatic rings. The zero-order valence-corrected chi connectivity index (χ0v) is 11.9. The Morgan fingerprint density at radius 3 is 2.71 bits per heavy atom. The number of aromatic nitrogens is 1. The minimum absolute atomic E-state index is 0.0235. The summed E-state index contributed by atoms with van der Waals surface area (Å²) in [6.07, 6.45) is 5.00. The standard InChI is InChI=1S/C15H19FN2O3/c1-10-2-5-15(6-3-10,14(20)21)9-18-13(19)11-4-7-17-8-12(11)16/h4,7-8,10H,2-3,5-6,9H2,1H3,(H,18,19)(H,20,21). The fourth-order valence-corrected chi connectivity index (χ4v) is 2.69. The Morgan fingerprint density at radius 1 is 1.48 bits per heavy atom. The van der Waals surface area contributed by atoms with E-state index >= 15 is 0 Å². The molecule has 0 aromatic carbocycles. The Bertz CT molecular complexity index is 539. The second kappa shape index (κ2) is 6.20. The number of nitrogens with one attached hydrogen (secondary N) is 1. The third kappa shape index (κ3) is 3.37. The van der Waals surface area contributed by atoms with Gasteiger partial charge in [0.05, 0.1) is 17.2 Å². The van der Waals surface area contributed by atoms with Gasteiger partial charge >= 0.3 is 5.97 Å². The molecule has 1 aliphatic carbocycles. The third-order valence-electron chi connectivity index (χ3n) is 4.29. The highest BCUT2D eigenvalue weighted by molar-refractivity contribution is 5.94. The van der Waals surface area contributed by atoms with E-state index in [1.54, 1.807) is 0 Å². The van der Waals surface area contributed by atoms with E-state index in [-0.39, 0.29) is 12.1 Å². The van der Waals surface area contributed by atoms with Crippen LogP contribution in [0.2, 0.25) is 0 Å². The molecule has 0 saturated heterocycles. The van der Waals surface area contributed by atoms with Gasteiger partial charge in [-0.3, -0.25) is 14.6 Å². The van der Waals surface area contributed by atoms with Crippen LogP contribution in [0.4, 0.5) is 4.39 Å². The molecule has 6 heteroatoms. The van der Waals surface area contributed by atoms with Crippen LogP contribution in [0.25, 0.3) is 0 Å². The lowest BCUT2D eigenvalue weighted by molar-refractivity contribution is -0.151. The molecular formula is C15H19FN2O3. The maximum Gasteiger partial charge on any atom is 0.311 e. The van der Waals surface area contributed by atoms with E-state index in [2.05, 4.69) is 17.2 Å². The molecule has 5 nitrogen and oxygen atoms in total. The average molecular weight is 294 g/mol. The van der Waals surface area contributed by atoms with Crippen molar-refractivity contribution in [2.45, 2.75) is 32.6 Å². The molecule has 0 spiro atoms. The topological polar surface area (TPSA) is 79.3 Å². The Balaban J connectivity index is 2.04. The summed E-state index contributed by atoms with van der Waals surface area (Å²) in [6.45, 7) is 2.12. The number of rotatable bonds is 4. The fraction of sp³-hybridized carbons (Fsp3) is 0.533. The Labute approximate surface area is 122 Å². The van der Waals surface area contributed by atoms with E-state index in [0.29, 0.717) is 18.8 Å². The second-order valence-corrected chi connectivity index (χ2v) is 5.81. The normalized spacial score (nSPS) is 25.3. The van der Waals surface area contributed by atoms with Gasteiger partial charge in [-0.2, -0.15) is 0 Å². The molecule has 2 N–H and O–H groups in total. The van der Waals surface area contributed by atoms with E-state index < -0.39 is 23.1 Å². The number of aliphatic carboxylic acids is 1. The molecule has 1 amide bonds. The van der Waals surface area contributed by atoms with E-state index in [4.69, 9.17) is 0 Å². The van der Waals surface area contributed by atoms with E-state index in [0.717, 1.165) is 19.0 Å². The summed E-state index contributed by atoms with van der Waals surface area (Å²) in [5.41, 5.74) is -1.05. The second-order valence-electron chi connectivity index (χ2n) is 5.81. The summed E-state index contributed by atoms with van der Waals surface area (Å²) < 4.78 is 13.5. The van der Waals surface area contributed by atoms with Gasteiger partial charge in [0.25, 0.3) is 5.91 Å². The van der Waals surface area contributed by atoms with Crippen molar-refractivity contribution in [3.05, 3.63) is 29.8 Å². The summed E-state index contributed by atoms with van der Waals surface area (Å²) in [5.74, 6) is -1.71. The quantitative estimate of drug-likeness (QED) is 0.892. The molecule has 0 aliphatic heterocycles. The third-order valence-corrected chi connectivity index (χ3v) is 4.29. The first-order valence-electron chi connectivity index (χ1n) is 7.06. The van der Waals surface area contributed by atoms with Crippen LogP contribution in [-0.4, -0.2) is 28.5 Å². The molecule has 2 rings (SSSR count). The van der Waals surface area contributed by atoms with Gasteiger partial charge in [0, 0.05) is 12.7 Å². The number of carbonyl (C=O) groups is 2. The Morgan fingerprint density at radius 2 is 2.14 bits per heavy atom. The molecule has 1 aliphatic rings. The number of pyridine rings is 1. The zero-order chi connectivity index (χ0) is 15.5. The predicted octanol–water partition coefficient (Wildman–Crippen LogP) is 2.23. The molecule has 1 heterocycles. The van der Waals surface area contributed by atoms with Crippen LogP contribution >= 0.6 is 0 Å². The van der Waals surface area contributed by atoms with Crippen molar-refractivity contribution >= 4 is 11.9 Å². The van der Waals surface area contributed by atoms with Crippen molar-refractivity contribution in [1.29, 1.82) is 0 Å². The summed E-state index contributed by atoms with van der Waals surface area (Å²) in [7, 11) is 0. The lowest BCUT2D eigenvalue weighted by Crippen LogP contribution is -2.45. The van der Waals surface area contributed by atoms with Gasteiger partial charge in [-0.25, -0.2) is 4.39 Å². The Hall–Kier alpha value is -1.98. The predicted molar refractivity (Wildman–Crippen MR) is 74.2 cm³/mol. The van der Waals surface area contributed by atoms with Gasteiger partial charge in [0.2, 0.25) is 0 Å². The fourth-order valence-electron chi connectivity index (χ4n) is 2.69. The number of amides is 1. The highest BCUT2D eigenvalue weighted by Crippen LogP contribution is 2.38. The molecule has 0 atom stereocenters. The number of hydrogen-bond donors (Lipinski definition) is 2. The molecule has 1 fully saturated rings. The van der Waals surface area contributed by atoms with Crippen LogP contribution in [0.15, 0.2) is 18.5 Å². The molecular weight excluding hydrogens is 275 g/mol. The molecule has 0 radical (unpaired) electrons. The van der Waals surface area contributed by atoms with E-state index in [9.17, 15) is 19.1 Å². The van der Waals surface area contributed by atoms with Crippen molar-refractivity contribution in [3.8, 4) is 0 Å². The number of halogens is 1. The number of carbonyl (C=O) groups excluding carboxylic acids is 1. The van der Waals surface area contributed by atoms with Crippen LogP contribution in [-0.2, 0) is 4.79 Å². The maximum atomic E-state index is 13.5. The summed E-state index contributed by atoms with van der Waals surface area (Å²) in [4.78, 5) is 27.1. The monoisotopic (exact) mass is 294 g/mol. The summed E-state index contributed by atoms with van der Waals surface area (Å²) in [5, 5.41) is 12.0. The van der Waals surface area contributed by atoms with Gasteiger partial charge in [-0.15, -0.1) is 0 Å². The van der Waals surface area contributed by atoms with Crippen LogP contribution in [0.3, 0.4) is 0 Å². The minimum Gasteiger partial charge on any atom is -0.481 e. The average Bonchev–Trinajstić information content (AvgIpc) is 2.47. The first-order valence-corrected chi connectivity index (χ1v) is 7.06. The zero-order valence-electron chi connectivity index (χ0n) is 11.9. The van der Waals surface area contributed by atoms with Crippen molar-refractivity contribution in [1.82, 2.24) is 10.3 Å². The van der Waals surface area contributed by atoms with Gasteiger partial charge < -0.3 is 10.4 Å². The number of carboxylic acid groups (broad SMARTS) is 1. The van der Waals surface area contributed by atoms with Gasteiger partial charge in [-0.1, -0.05) is 6.92 Å². The molecule has 1 aromatic heterocycles. The van der Waals surface area contributed by atoms with Gasteiger partial charge in [-0.05, 0) is 37.7 Å². The van der Waals surface area contributed by atoms with E-state index in [1.807, 2.05) is 0 Å². The SMILES string of the molecule is CC1CCC(CNC(=O)c2ccncc2F)(C(=O)O)CC1. The van der Waals surface area contributed by atoms with E-state index in [1.165, 1.54) is 12.3 Å². The first kappa shape index (κ1) is 15.4. The molecule has 0 unspecified atom stereocenters. The minimum atomic E-state index is -0.939. The highest BCUT2D eigenvalue weighted by atomic mass is 19.1. The lowest BCUT2D eigenvalue weighted by Gasteiger charge is -2.35. The smallest absolute Gasteiger partial charge is 0.311 e. The van der Waals surface area contributed by atoms with Gasteiger partial charge in [0.15, 0.2) is 5.82 Å². The summed E-state index contributed by atoms with van der Waals surface area (Å²) in [6, 6.07) is 1.28. The van der Waals surface area contributed by atoms with Crippen LogP contribution < -0.4 is 5.32 Å². The summed E-state index contributed by atoms with van der Waals surface area (Å²) >= 11 is 0. The first-order chi connectivity index (χ1) is 9.94. The van der Waals surface area contributed by atoms with Crippen LogP contribution in [0, 0.1) is 17.2 Å². The van der Waals surface area contributed by atoms with Crippen molar-refractivity contribution in [2.75, 3.05) is 6.54 Å². The van der Waals surface area contributed by atoms with Crippen LogP contribution in [0.5, 0.6) is 0 Å². The number of hydrogen-bond acceptors (Lipinski definition) is 3. The maximum absolute atomic E-state index is 13.5. The number of nitrogens with zero attached hydrogens (tertiary/aromatic N) is 1. The molecule has 114 valence electrons. The van der Waals surface area contributed by atoms with Crippen molar-refractivity contribution in [3.63, 3.8) is 0 Å². The molecule has 21 heavy (non-hydrogen) atoms.